The second-order valence-corrected chi connectivity index (χ2v) is 5.29. The Morgan fingerprint density at radius 1 is 1.40 bits per heavy atom. The van der Waals surface area contributed by atoms with Gasteiger partial charge in [0.2, 0.25) is 0 Å². The zero-order valence-electron chi connectivity index (χ0n) is 12.2. The van der Waals surface area contributed by atoms with Gasteiger partial charge in [-0.25, -0.2) is 0 Å². The lowest BCUT2D eigenvalue weighted by Crippen LogP contribution is -2.47. The Balaban J connectivity index is 1.91. The minimum absolute atomic E-state index is 0.0446. The van der Waals surface area contributed by atoms with E-state index >= 15 is 0 Å². The molecule has 1 aliphatic rings. The summed E-state index contributed by atoms with van der Waals surface area (Å²) in [5.41, 5.74) is 2.39. The quantitative estimate of drug-likeness (QED) is 0.815. The molecule has 1 saturated heterocycles. The highest BCUT2D eigenvalue weighted by atomic mass is 16.5. The van der Waals surface area contributed by atoms with Crippen molar-refractivity contribution in [2.75, 3.05) is 33.8 Å². The van der Waals surface area contributed by atoms with E-state index in [1.165, 1.54) is 5.56 Å². The van der Waals surface area contributed by atoms with Crippen LogP contribution in [0, 0.1) is 0 Å². The maximum Gasteiger partial charge on any atom is 0.250 e. The Kier molecular flexibility index (Phi) is 5.52. The van der Waals surface area contributed by atoms with Crippen molar-refractivity contribution in [1.82, 2.24) is 15.5 Å². The highest BCUT2D eigenvalue weighted by Crippen LogP contribution is 2.10. The summed E-state index contributed by atoms with van der Waals surface area (Å²) < 4.78 is 5.44. The van der Waals surface area contributed by atoms with E-state index in [0.717, 1.165) is 18.7 Å². The van der Waals surface area contributed by atoms with Crippen molar-refractivity contribution in [3.05, 3.63) is 35.4 Å². The van der Waals surface area contributed by atoms with Crippen molar-refractivity contribution < 1.29 is 9.53 Å². The minimum Gasteiger partial charge on any atom is -0.366 e. The first-order valence-electron chi connectivity index (χ1n) is 6.98. The maximum atomic E-state index is 12.0. The van der Waals surface area contributed by atoms with Gasteiger partial charge in [-0.3, -0.25) is 4.79 Å². The van der Waals surface area contributed by atoms with Crippen LogP contribution in [0.15, 0.2) is 24.3 Å². The van der Waals surface area contributed by atoms with Gasteiger partial charge in [0, 0.05) is 26.2 Å². The topological polar surface area (TPSA) is 53.6 Å². The highest BCUT2D eigenvalue weighted by molar-refractivity contribution is 5.81. The summed E-state index contributed by atoms with van der Waals surface area (Å²) in [7, 11) is 4.08. The van der Waals surface area contributed by atoms with Crippen molar-refractivity contribution in [2.45, 2.75) is 19.2 Å². The van der Waals surface area contributed by atoms with Gasteiger partial charge in [-0.15, -0.1) is 0 Å². The fraction of sp³-hybridized carbons (Fsp3) is 0.533. The molecule has 1 aromatic rings. The standard InChI is InChI=1S/C15H23N3O2/c1-18(2)11-13-6-4-3-5-12(13)9-17-15(19)14-10-16-7-8-20-14/h3-6,14,16H,7-11H2,1-2H3,(H,17,19). The summed E-state index contributed by atoms with van der Waals surface area (Å²) in [6, 6.07) is 8.18. The maximum absolute atomic E-state index is 12.0. The van der Waals surface area contributed by atoms with Gasteiger partial charge in [0.1, 0.15) is 6.10 Å². The number of hydrogen-bond acceptors (Lipinski definition) is 4. The molecular formula is C15H23N3O2. The summed E-state index contributed by atoms with van der Waals surface area (Å²) >= 11 is 0. The molecule has 5 nitrogen and oxygen atoms in total. The lowest BCUT2D eigenvalue weighted by Gasteiger charge is -2.23. The lowest BCUT2D eigenvalue weighted by atomic mass is 10.1. The fourth-order valence-electron chi connectivity index (χ4n) is 2.25. The van der Waals surface area contributed by atoms with Crippen molar-refractivity contribution >= 4 is 5.91 Å². The molecule has 0 radical (unpaired) electrons. The van der Waals surface area contributed by atoms with Crippen LogP contribution in [0.3, 0.4) is 0 Å². The van der Waals surface area contributed by atoms with Crippen molar-refractivity contribution in [3.8, 4) is 0 Å². The summed E-state index contributed by atoms with van der Waals surface area (Å²) in [6.07, 6.45) is -0.371. The zero-order valence-corrected chi connectivity index (χ0v) is 12.2. The number of ether oxygens (including phenoxy) is 1. The number of amides is 1. The molecule has 0 aliphatic carbocycles. The summed E-state index contributed by atoms with van der Waals surface area (Å²) in [4.78, 5) is 14.1. The van der Waals surface area contributed by atoms with Gasteiger partial charge < -0.3 is 20.3 Å². The Labute approximate surface area is 120 Å². The van der Waals surface area contributed by atoms with Crippen molar-refractivity contribution in [2.24, 2.45) is 0 Å². The number of nitrogens with zero attached hydrogens (tertiary/aromatic N) is 1. The van der Waals surface area contributed by atoms with Gasteiger partial charge in [0.15, 0.2) is 0 Å². The van der Waals surface area contributed by atoms with E-state index in [2.05, 4.69) is 27.7 Å². The Hall–Kier alpha value is -1.43. The SMILES string of the molecule is CN(C)Cc1ccccc1CNC(=O)C1CNCCO1. The molecule has 110 valence electrons. The Morgan fingerprint density at radius 3 is 2.80 bits per heavy atom. The molecule has 0 saturated carbocycles. The number of hydrogen-bond donors (Lipinski definition) is 2. The normalized spacial score (nSPS) is 19.1. The molecular weight excluding hydrogens is 254 g/mol. The van der Waals surface area contributed by atoms with Crippen LogP contribution in [0.2, 0.25) is 0 Å². The fourth-order valence-corrected chi connectivity index (χ4v) is 2.25. The highest BCUT2D eigenvalue weighted by Gasteiger charge is 2.21. The molecule has 1 aliphatic heterocycles. The average Bonchev–Trinajstić information content (AvgIpc) is 2.46. The Morgan fingerprint density at radius 2 is 2.15 bits per heavy atom. The molecule has 20 heavy (non-hydrogen) atoms. The molecule has 1 fully saturated rings. The van der Waals surface area contributed by atoms with E-state index in [-0.39, 0.29) is 12.0 Å². The van der Waals surface area contributed by atoms with Gasteiger partial charge in [-0.05, 0) is 25.2 Å². The molecule has 1 unspecified atom stereocenters. The van der Waals surface area contributed by atoms with E-state index in [0.29, 0.717) is 19.7 Å². The van der Waals surface area contributed by atoms with E-state index in [4.69, 9.17) is 4.74 Å². The van der Waals surface area contributed by atoms with Gasteiger partial charge in [-0.2, -0.15) is 0 Å². The van der Waals surface area contributed by atoms with Crippen molar-refractivity contribution in [1.29, 1.82) is 0 Å². The molecule has 2 rings (SSSR count). The largest absolute Gasteiger partial charge is 0.366 e. The third kappa shape index (κ3) is 4.30. The van der Waals surface area contributed by atoms with Crippen LogP contribution in [0.5, 0.6) is 0 Å². The molecule has 1 heterocycles. The Bertz CT molecular complexity index is 442. The molecule has 2 N–H and O–H groups in total. The molecule has 1 amide bonds. The number of carbonyl (C=O) groups excluding carboxylic acids is 1. The van der Waals surface area contributed by atoms with Crippen LogP contribution >= 0.6 is 0 Å². The molecule has 1 atom stereocenters. The predicted molar refractivity (Wildman–Crippen MR) is 78.3 cm³/mol. The summed E-state index contributed by atoms with van der Waals surface area (Å²) in [5.74, 6) is -0.0446. The van der Waals surface area contributed by atoms with Crippen LogP contribution in [0.25, 0.3) is 0 Å². The van der Waals surface area contributed by atoms with Gasteiger partial charge >= 0.3 is 0 Å². The summed E-state index contributed by atoms with van der Waals surface area (Å²) in [5, 5.41) is 6.12. The predicted octanol–water partition coefficient (Wildman–Crippen LogP) is 0.353. The van der Waals surface area contributed by atoms with E-state index in [1.807, 2.05) is 26.2 Å². The zero-order chi connectivity index (χ0) is 14.4. The lowest BCUT2D eigenvalue weighted by molar-refractivity contribution is -0.134. The van der Waals surface area contributed by atoms with Gasteiger partial charge in [0.25, 0.3) is 5.91 Å². The number of nitrogens with one attached hydrogen (secondary N) is 2. The van der Waals surface area contributed by atoms with E-state index < -0.39 is 0 Å². The first-order chi connectivity index (χ1) is 9.66. The minimum atomic E-state index is -0.371. The summed E-state index contributed by atoms with van der Waals surface area (Å²) in [6.45, 7) is 3.41. The second kappa shape index (κ2) is 7.38. The number of carbonyl (C=O) groups is 1. The van der Waals surface area contributed by atoms with Crippen LogP contribution < -0.4 is 10.6 Å². The third-order valence-corrected chi connectivity index (χ3v) is 3.28. The third-order valence-electron chi connectivity index (χ3n) is 3.28. The van der Waals surface area contributed by atoms with E-state index in [9.17, 15) is 4.79 Å². The van der Waals surface area contributed by atoms with Gasteiger partial charge in [-0.1, -0.05) is 24.3 Å². The van der Waals surface area contributed by atoms with E-state index in [1.54, 1.807) is 0 Å². The molecule has 0 spiro atoms. The van der Waals surface area contributed by atoms with Crippen LogP contribution in [0.4, 0.5) is 0 Å². The first kappa shape index (κ1) is 15.0. The number of rotatable bonds is 5. The van der Waals surface area contributed by atoms with Gasteiger partial charge in [0.05, 0.1) is 6.61 Å². The van der Waals surface area contributed by atoms with Crippen LogP contribution in [-0.2, 0) is 22.6 Å². The van der Waals surface area contributed by atoms with Crippen LogP contribution in [-0.4, -0.2) is 50.7 Å². The van der Waals surface area contributed by atoms with Crippen LogP contribution in [0.1, 0.15) is 11.1 Å². The first-order valence-corrected chi connectivity index (χ1v) is 6.98. The molecule has 5 heteroatoms. The molecule has 0 bridgehead atoms. The number of benzene rings is 1. The number of morpholine rings is 1. The van der Waals surface area contributed by atoms with Crippen molar-refractivity contribution in [3.63, 3.8) is 0 Å². The molecule has 0 aromatic heterocycles. The molecule has 1 aromatic carbocycles. The smallest absolute Gasteiger partial charge is 0.250 e. The second-order valence-electron chi connectivity index (χ2n) is 5.29. The average molecular weight is 277 g/mol. The monoisotopic (exact) mass is 277 g/mol.